The summed E-state index contributed by atoms with van der Waals surface area (Å²) in [6.45, 7) is 7.19. The molecule has 0 aliphatic carbocycles. The number of rotatable bonds is 5. The summed E-state index contributed by atoms with van der Waals surface area (Å²) in [6, 6.07) is 7.05. The normalized spacial score (nSPS) is 12.8. The predicted octanol–water partition coefficient (Wildman–Crippen LogP) is 3.20. The Morgan fingerprint density at radius 3 is 2.55 bits per heavy atom. The number of hydrogen-bond acceptors (Lipinski definition) is 1. The maximum Gasteiger partial charge on any atom is 0.191 e. The predicted molar refractivity (Wildman–Crippen MR) is 94.3 cm³/mol. The lowest BCUT2D eigenvalue weighted by Crippen LogP contribution is -2.44. The van der Waals surface area contributed by atoms with E-state index < -0.39 is 0 Å². The summed E-state index contributed by atoms with van der Waals surface area (Å²) in [7, 11) is 1.75. The fraction of sp³-hybridized carbons (Fsp3) is 0.533. The summed E-state index contributed by atoms with van der Waals surface area (Å²) >= 11 is 0. The second kappa shape index (κ2) is 9.96. The third-order valence-electron chi connectivity index (χ3n) is 3.18. The van der Waals surface area contributed by atoms with Crippen molar-refractivity contribution in [1.29, 1.82) is 0 Å². The maximum atomic E-state index is 13.0. The van der Waals surface area contributed by atoms with Crippen LogP contribution >= 0.6 is 24.0 Å². The zero-order valence-electron chi connectivity index (χ0n) is 12.6. The van der Waals surface area contributed by atoms with Crippen LogP contribution < -0.4 is 10.6 Å². The highest BCUT2D eigenvalue weighted by molar-refractivity contribution is 14.0. The van der Waals surface area contributed by atoms with Gasteiger partial charge in [0.05, 0.1) is 0 Å². The lowest BCUT2D eigenvalue weighted by atomic mass is 10.1. The van der Waals surface area contributed by atoms with E-state index in [0.717, 1.165) is 24.5 Å². The molecule has 0 radical (unpaired) electrons. The Labute approximate surface area is 138 Å². The van der Waals surface area contributed by atoms with Gasteiger partial charge >= 0.3 is 0 Å². The molecule has 3 nitrogen and oxygen atoms in total. The van der Waals surface area contributed by atoms with Crippen LogP contribution in [0.3, 0.4) is 0 Å². The highest BCUT2D eigenvalue weighted by Crippen LogP contribution is 2.03. The van der Waals surface area contributed by atoms with Crippen LogP contribution in [0.25, 0.3) is 0 Å². The van der Waals surface area contributed by atoms with Gasteiger partial charge in [0.15, 0.2) is 5.96 Å². The number of nitrogens with zero attached hydrogens (tertiary/aromatic N) is 1. The van der Waals surface area contributed by atoms with Crippen molar-refractivity contribution in [2.75, 3.05) is 13.6 Å². The van der Waals surface area contributed by atoms with Gasteiger partial charge in [0.25, 0.3) is 0 Å². The maximum absolute atomic E-state index is 13.0. The Morgan fingerprint density at radius 2 is 2.00 bits per heavy atom. The Hall–Kier alpha value is -0.850. The number of guanidine groups is 1. The average Bonchev–Trinajstić information content (AvgIpc) is 2.37. The molecule has 0 fully saturated rings. The van der Waals surface area contributed by atoms with Gasteiger partial charge in [-0.1, -0.05) is 26.0 Å². The van der Waals surface area contributed by atoms with Crippen molar-refractivity contribution in [3.05, 3.63) is 35.6 Å². The van der Waals surface area contributed by atoms with Crippen LogP contribution in [-0.4, -0.2) is 25.6 Å². The summed E-state index contributed by atoms with van der Waals surface area (Å²) in [5.41, 5.74) is 0.986. The molecule has 2 N–H and O–H groups in total. The molecule has 1 unspecified atom stereocenters. The molecule has 1 aromatic carbocycles. The standard InChI is InChI=1S/C15H24FN3.HI/c1-11(2)12(3)19-15(17-4)18-9-8-13-6-5-7-14(16)10-13;/h5-7,10-12H,8-9H2,1-4H3,(H2,17,18,19);1H. The van der Waals surface area contributed by atoms with E-state index in [0.29, 0.717) is 12.0 Å². The highest BCUT2D eigenvalue weighted by atomic mass is 127. The van der Waals surface area contributed by atoms with E-state index in [1.165, 1.54) is 6.07 Å². The lowest BCUT2D eigenvalue weighted by Gasteiger charge is -2.20. The molecule has 5 heteroatoms. The fourth-order valence-corrected chi connectivity index (χ4v) is 1.59. The van der Waals surface area contributed by atoms with Gasteiger partial charge < -0.3 is 10.6 Å². The molecule has 0 spiro atoms. The van der Waals surface area contributed by atoms with Crippen molar-refractivity contribution < 1.29 is 4.39 Å². The summed E-state index contributed by atoms with van der Waals surface area (Å²) < 4.78 is 13.0. The molecule has 0 aliphatic rings. The third kappa shape index (κ3) is 7.07. The van der Waals surface area contributed by atoms with Crippen molar-refractivity contribution >= 4 is 29.9 Å². The molecule has 0 aromatic heterocycles. The molecule has 114 valence electrons. The van der Waals surface area contributed by atoms with E-state index in [-0.39, 0.29) is 29.8 Å². The number of hydrogen-bond donors (Lipinski definition) is 2. The SMILES string of the molecule is CN=C(NCCc1cccc(F)c1)NC(C)C(C)C.I. The van der Waals surface area contributed by atoms with Gasteiger partial charge in [0, 0.05) is 19.6 Å². The topological polar surface area (TPSA) is 36.4 Å². The molecule has 0 bridgehead atoms. The van der Waals surface area contributed by atoms with Crippen LogP contribution in [0.5, 0.6) is 0 Å². The quantitative estimate of drug-likeness (QED) is 0.458. The summed E-state index contributed by atoms with van der Waals surface area (Å²) in [5, 5.41) is 6.57. The molecular formula is C15H25FIN3. The molecule has 0 saturated carbocycles. The minimum atomic E-state index is -0.187. The van der Waals surface area contributed by atoms with Crippen LogP contribution in [0.15, 0.2) is 29.3 Å². The van der Waals surface area contributed by atoms with Crippen LogP contribution in [-0.2, 0) is 6.42 Å². The first-order valence-electron chi connectivity index (χ1n) is 6.74. The molecule has 20 heavy (non-hydrogen) atoms. The first kappa shape index (κ1) is 19.1. The number of halogens is 2. The zero-order chi connectivity index (χ0) is 14.3. The Kier molecular flexibility index (Phi) is 9.54. The minimum Gasteiger partial charge on any atom is -0.356 e. The summed E-state index contributed by atoms with van der Waals surface area (Å²) in [4.78, 5) is 4.18. The van der Waals surface area contributed by atoms with Crippen LogP contribution in [0, 0.1) is 11.7 Å². The zero-order valence-corrected chi connectivity index (χ0v) is 14.9. The van der Waals surface area contributed by atoms with Gasteiger partial charge in [-0.3, -0.25) is 4.99 Å². The van der Waals surface area contributed by atoms with Crippen molar-refractivity contribution in [3.8, 4) is 0 Å². The summed E-state index contributed by atoms with van der Waals surface area (Å²) in [6.07, 6.45) is 0.772. The van der Waals surface area contributed by atoms with E-state index in [1.807, 2.05) is 6.07 Å². The molecule has 1 atom stereocenters. The van der Waals surface area contributed by atoms with Crippen molar-refractivity contribution in [2.24, 2.45) is 10.9 Å². The van der Waals surface area contributed by atoms with Gasteiger partial charge in [0.1, 0.15) is 5.82 Å². The van der Waals surface area contributed by atoms with Crippen molar-refractivity contribution in [2.45, 2.75) is 33.2 Å². The third-order valence-corrected chi connectivity index (χ3v) is 3.18. The number of nitrogens with one attached hydrogen (secondary N) is 2. The molecule has 1 rings (SSSR count). The lowest BCUT2D eigenvalue weighted by molar-refractivity contribution is 0.481. The number of benzene rings is 1. The van der Waals surface area contributed by atoms with Gasteiger partial charge in [-0.2, -0.15) is 0 Å². The highest BCUT2D eigenvalue weighted by Gasteiger charge is 2.08. The first-order chi connectivity index (χ1) is 9.02. The van der Waals surface area contributed by atoms with Gasteiger partial charge in [-0.25, -0.2) is 4.39 Å². The van der Waals surface area contributed by atoms with Gasteiger partial charge in [-0.15, -0.1) is 24.0 Å². The van der Waals surface area contributed by atoms with E-state index in [1.54, 1.807) is 19.2 Å². The second-order valence-corrected chi connectivity index (χ2v) is 5.06. The summed E-state index contributed by atoms with van der Waals surface area (Å²) in [5.74, 6) is 1.15. The smallest absolute Gasteiger partial charge is 0.191 e. The molecule has 1 aromatic rings. The van der Waals surface area contributed by atoms with Crippen molar-refractivity contribution in [3.63, 3.8) is 0 Å². The average molecular weight is 393 g/mol. The minimum absolute atomic E-state index is 0. The van der Waals surface area contributed by atoms with Crippen LogP contribution in [0.1, 0.15) is 26.3 Å². The van der Waals surface area contributed by atoms with E-state index in [9.17, 15) is 4.39 Å². The Bertz CT molecular complexity index is 421. The van der Waals surface area contributed by atoms with Gasteiger partial charge in [0.2, 0.25) is 0 Å². The molecule has 0 aliphatic heterocycles. The molecular weight excluding hydrogens is 368 g/mol. The monoisotopic (exact) mass is 393 g/mol. The van der Waals surface area contributed by atoms with Crippen molar-refractivity contribution in [1.82, 2.24) is 10.6 Å². The largest absolute Gasteiger partial charge is 0.356 e. The first-order valence-corrected chi connectivity index (χ1v) is 6.74. The molecule has 0 amide bonds. The van der Waals surface area contributed by atoms with E-state index in [2.05, 4.69) is 36.4 Å². The van der Waals surface area contributed by atoms with Crippen LogP contribution in [0.4, 0.5) is 4.39 Å². The van der Waals surface area contributed by atoms with Gasteiger partial charge in [-0.05, 0) is 37.0 Å². The molecule has 0 heterocycles. The van der Waals surface area contributed by atoms with E-state index in [4.69, 9.17) is 0 Å². The Balaban J connectivity index is 0.00000361. The fourth-order valence-electron chi connectivity index (χ4n) is 1.59. The van der Waals surface area contributed by atoms with Crippen LogP contribution in [0.2, 0.25) is 0 Å². The number of aliphatic imine (C=N–C) groups is 1. The molecule has 0 saturated heterocycles. The van der Waals surface area contributed by atoms with E-state index >= 15 is 0 Å². The Morgan fingerprint density at radius 1 is 1.30 bits per heavy atom. The second-order valence-electron chi connectivity index (χ2n) is 5.06.